The van der Waals surface area contributed by atoms with Crippen molar-refractivity contribution in [1.29, 1.82) is 0 Å². The second kappa shape index (κ2) is 7.81. The summed E-state index contributed by atoms with van der Waals surface area (Å²) in [7, 11) is 1.35. The average Bonchev–Trinajstić information content (AvgIpc) is 2.99. The molecule has 0 unspecified atom stereocenters. The van der Waals surface area contributed by atoms with Crippen LogP contribution in [0.2, 0.25) is 0 Å². The highest BCUT2D eigenvalue weighted by Crippen LogP contribution is 2.27. The van der Waals surface area contributed by atoms with Gasteiger partial charge in [-0.1, -0.05) is 43.2 Å². The van der Waals surface area contributed by atoms with E-state index in [1.807, 2.05) is 30.3 Å². The fourth-order valence-electron chi connectivity index (χ4n) is 2.92. The first-order valence-corrected chi connectivity index (χ1v) is 7.60. The van der Waals surface area contributed by atoms with Gasteiger partial charge in [-0.25, -0.2) is 4.79 Å². The number of rotatable bonds is 6. The summed E-state index contributed by atoms with van der Waals surface area (Å²) in [6.07, 6.45) is 5.64. The van der Waals surface area contributed by atoms with Gasteiger partial charge in [-0.15, -0.1) is 0 Å². The van der Waals surface area contributed by atoms with E-state index in [0.29, 0.717) is 18.8 Å². The Morgan fingerprint density at radius 2 is 1.90 bits per heavy atom. The van der Waals surface area contributed by atoms with Crippen LogP contribution in [0.5, 0.6) is 0 Å². The van der Waals surface area contributed by atoms with Crippen molar-refractivity contribution in [2.45, 2.75) is 44.6 Å². The van der Waals surface area contributed by atoms with Crippen molar-refractivity contribution in [2.24, 2.45) is 5.92 Å². The number of carbonyl (C=O) groups excluding carboxylic acids is 2. The molecule has 0 spiro atoms. The fourth-order valence-corrected chi connectivity index (χ4v) is 2.92. The average molecular weight is 289 g/mol. The molecule has 0 aliphatic heterocycles. The van der Waals surface area contributed by atoms with E-state index in [2.05, 4.69) is 5.32 Å². The molecule has 0 heterocycles. The Balaban J connectivity index is 1.92. The van der Waals surface area contributed by atoms with E-state index in [1.165, 1.54) is 20.0 Å². The van der Waals surface area contributed by atoms with Crippen molar-refractivity contribution in [3.05, 3.63) is 35.9 Å². The Labute approximate surface area is 125 Å². The summed E-state index contributed by atoms with van der Waals surface area (Å²) in [5, 5.41) is 2.83. The summed E-state index contributed by atoms with van der Waals surface area (Å²) < 4.78 is 4.80. The zero-order chi connectivity index (χ0) is 15.1. The molecule has 1 aliphatic rings. The lowest BCUT2D eigenvalue weighted by Gasteiger charge is -2.18. The lowest BCUT2D eigenvalue weighted by molar-refractivity contribution is -0.145. The molecule has 0 bridgehead atoms. The molecule has 4 nitrogen and oxygen atoms in total. The van der Waals surface area contributed by atoms with Crippen LogP contribution in [0.3, 0.4) is 0 Å². The van der Waals surface area contributed by atoms with E-state index in [1.54, 1.807) is 0 Å². The summed E-state index contributed by atoms with van der Waals surface area (Å²) in [6.45, 7) is 0. The van der Waals surface area contributed by atoms with Gasteiger partial charge < -0.3 is 10.1 Å². The lowest BCUT2D eigenvalue weighted by atomic mass is 10.0. The van der Waals surface area contributed by atoms with Gasteiger partial charge in [-0.05, 0) is 24.3 Å². The van der Waals surface area contributed by atoms with E-state index < -0.39 is 12.0 Å². The normalized spacial score (nSPS) is 16.4. The third-order valence-electron chi connectivity index (χ3n) is 4.05. The van der Waals surface area contributed by atoms with E-state index in [0.717, 1.165) is 18.4 Å². The first-order valence-electron chi connectivity index (χ1n) is 7.60. The number of benzene rings is 1. The van der Waals surface area contributed by atoms with Crippen LogP contribution in [-0.4, -0.2) is 25.0 Å². The van der Waals surface area contributed by atoms with Gasteiger partial charge in [-0.3, -0.25) is 4.79 Å². The first kappa shape index (κ1) is 15.5. The molecule has 1 aromatic rings. The van der Waals surface area contributed by atoms with Crippen molar-refractivity contribution in [3.63, 3.8) is 0 Å². The topological polar surface area (TPSA) is 55.4 Å². The van der Waals surface area contributed by atoms with E-state index in [-0.39, 0.29) is 5.91 Å². The van der Waals surface area contributed by atoms with Crippen LogP contribution in [0.25, 0.3) is 0 Å². The smallest absolute Gasteiger partial charge is 0.328 e. The Morgan fingerprint density at radius 3 is 2.52 bits per heavy atom. The highest BCUT2D eigenvalue weighted by molar-refractivity contribution is 5.84. The van der Waals surface area contributed by atoms with Gasteiger partial charge in [0, 0.05) is 12.8 Å². The third-order valence-corrected chi connectivity index (χ3v) is 4.05. The maximum absolute atomic E-state index is 12.1. The SMILES string of the molecule is COC(=O)[C@@H](Cc1ccccc1)NC(=O)CC1CCCC1. The predicted octanol–water partition coefficient (Wildman–Crippen LogP) is 2.47. The number of carbonyl (C=O) groups is 2. The minimum Gasteiger partial charge on any atom is -0.467 e. The molecule has 4 heteroatoms. The van der Waals surface area contributed by atoms with Crippen molar-refractivity contribution in [1.82, 2.24) is 5.32 Å². The Hall–Kier alpha value is -1.84. The highest BCUT2D eigenvalue weighted by Gasteiger charge is 2.24. The van der Waals surface area contributed by atoms with Crippen LogP contribution in [-0.2, 0) is 20.7 Å². The first-order chi connectivity index (χ1) is 10.2. The van der Waals surface area contributed by atoms with Gasteiger partial charge in [0.05, 0.1) is 7.11 Å². The zero-order valence-corrected chi connectivity index (χ0v) is 12.5. The van der Waals surface area contributed by atoms with Crippen LogP contribution < -0.4 is 5.32 Å². The van der Waals surface area contributed by atoms with Crippen LogP contribution in [0, 0.1) is 5.92 Å². The molecule has 114 valence electrons. The quantitative estimate of drug-likeness (QED) is 0.819. The number of nitrogens with one attached hydrogen (secondary N) is 1. The number of ether oxygens (including phenoxy) is 1. The van der Waals surface area contributed by atoms with E-state index in [9.17, 15) is 9.59 Å². The molecule has 1 amide bonds. The molecule has 2 rings (SSSR count). The summed E-state index contributed by atoms with van der Waals surface area (Å²) in [4.78, 5) is 24.0. The van der Waals surface area contributed by atoms with Gasteiger partial charge in [-0.2, -0.15) is 0 Å². The van der Waals surface area contributed by atoms with Crippen molar-refractivity contribution in [3.8, 4) is 0 Å². The number of esters is 1. The van der Waals surface area contributed by atoms with Crippen LogP contribution in [0.15, 0.2) is 30.3 Å². The lowest BCUT2D eigenvalue weighted by Crippen LogP contribution is -2.43. The molecule has 1 fully saturated rings. The summed E-state index contributed by atoms with van der Waals surface area (Å²) in [5.41, 5.74) is 1.01. The van der Waals surface area contributed by atoms with E-state index in [4.69, 9.17) is 4.74 Å². The maximum Gasteiger partial charge on any atom is 0.328 e. The molecule has 0 saturated heterocycles. The molecular formula is C17H23NO3. The van der Waals surface area contributed by atoms with Crippen molar-refractivity contribution >= 4 is 11.9 Å². The van der Waals surface area contributed by atoms with Crippen LogP contribution in [0.1, 0.15) is 37.7 Å². The number of hydrogen-bond acceptors (Lipinski definition) is 3. The van der Waals surface area contributed by atoms with Crippen LogP contribution in [0.4, 0.5) is 0 Å². The van der Waals surface area contributed by atoms with Crippen molar-refractivity contribution in [2.75, 3.05) is 7.11 Å². The summed E-state index contributed by atoms with van der Waals surface area (Å²) >= 11 is 0. The second-order valence-corrected chi connectivity index (χ2v) is 5.69. The predicted molar refractivity (Wildman–Crippen MR) is 80.7 cm³/mol. The molecule has 0 radical (unpaired) electrons. The molecule has 0 aromatic heterocycles. The second-order valence-electron chi connectivity index (χ2n) is 5.69. The summed E-state index contributed by atoms with van der Waals surface area (Å²) in [6, 6.07) is 9.05. The molecule has 1 saturated carbocycles. The molecular weight excluding hydrogens is 266 g/mol. The summed E-state index contributed by atoms with van der Waals surface area (Å²) in [5.74, 6) is 0.0341. The Bertz CT molecular complexity index is 466. The van der Waals surface area contributed by atoms with E-state index >= 15 is 0 Å². The van der Waals surface area contributed by atoms with Crippen molar-refractivity contribution < 1.29 is 14.3 Å². The number of amides is 1. The van der Waals surface area contributed by atoms with Gasteiger partial charge in [0.1, 0.15) is 6.04 Å². The minimum atomic E-state index is -0.605. The number of methoxy groups -OCH3 is 1. The Kier molecular flexibility index (Phi) is 5.78. The van der Waals surface area contributed by atoms with Gasteiger partial charge in [0.25, 0.3) is 0 Å². The third kappa shape index (κ3) is 4.88. The maximum atomic E-state index is 12.1. The molecule has 1 aromatic carbocycles. The standard InChI is InChI=1S/C17H23NO3/c1-21-17(20)15(11-13-7-3-2-4-8-13)18-16(19)12-14-9-5-6-10-14/h2-4,7-8,14-15H,5-6,9-12H2,1H3,(H,18,19)/t15-/m1/s1. The molecule has 1 aliphatic carbocycles. The minimum absolute atomic E-state index is 0.0479. The van der Waals surface area contributed by atoms with Crippen LogP contribution >= 0.6 is 0 Å². The molecule has 1 N–H and O–H groups in total. The monoisotopic (exact) mass is 289 g/mol. The number of hydrogen-bond donors (Lipinski definition) is 1. The van der Waals surface area contributed by atoms with Gasteiger partial charge in [0.15, 0.2) is 0 Å². The zero-order valence-electron chi connectivity index (χ0n) is 12.5. The van der Waals surface area contributed by atoms with Gasteiger partial charge in [0.2, 0.25) is 5.91 Å². The van der Waals surface area contributed by atoms with Gasteiger partial charge >= 0.3 is 5.97 Å². The Morgan fingerprint density at radius 1 is 1.24 bits per heavy atom. The largest absolute Gasteiger partial charge is 0.467 e. The molecule has 21 heavy (non-hydrogen) atoms. The fraction of sp³-hybridized carbons (Fsp3) is 0.529. The molecule has 1 atom stereocenters. The highest BCUT2D eigenvalue weighted by atomic mass is 16.5.